The molecule has 0 radical (unpaired) electrons. The molecular formula is C20H19NO5. The Kier molecular flexibility index (Phi) is 4.67. The van der Waals surface area contributed by atoms with Crippen molar-refractivity contribution in [1.82, 2.24) is 4.57 Å². The molecule has 0 amide bonds. The van der Waals surface area contributed by atoms with Crippen LogP contribution in [0.25, 0.3) is 10.9 Å². The van der Waals surface area contributed by atoms with Gasteiger partial charge in [0.1, 0.15) is 0 Å². The third kappa shape index (κ3) is 2.69. The van der Waals surface area contributed by atoms with Crippen LogP contribution in [0.15, 0.2) is 36.5 Å². The minimum atomic E-state index is -0.231. The van der Waals surface area contributed by atoms with Gasteiger partial charge in [0.2, 0.25) is 5.75 Å². The van der Waals surface area contributed by atoms with Gasteiger partial charge in [-0.1, -0.05) is 0 Å². The molecule has 0 aliphatic rings. The summed E-state index contributed by atoms with van der Waals surface area (Å²) in [5.41, 5.74) is 2.23. The van der Waals surface area contributed by atoms with E-state index in [2.05, 4.69) is 0 Å². The third-order valence-corrected chi connectivity index (χ3v) is 4.36. The molecule has 26 heavy (non-hydrogen) atoms. The maximum atomic E-state index is 13.1. The van der Waals surface area contributed by atoms with Crippen molar-refractivity contribution in [2.75, 3.05) is 21.3 Å². The van der Waals surface area contributed by atoms with Crippen molar-refractivity contribution in [3.05, 3.63) is 53.2 Å². The van der Waals surface area contributed by atoms with E-state index in [4.69, 9.17) is 14.2 Å². The zero-order valence-corrected chi connectivity index (χ0v) is 15.0. The molecule has 0 N–H and O–H groups in total. The number of ether oxygens (including phenoxy) is 3. The first-order valence-electron chi connectivity index (χ1n) is 7.93. The number of benzene rings is 2. The molecule has 0 bridgehead atoms. The summed E-state index contributed by atoms with van der Waals surface area (Å²) in [6.07, 6.45) is 2.52. The monoisotopic (exact) mass is 353 g/mol. The fourth-order valence-electron chi connectivity index (χ4n) is 3.09. The largest absolute Gasteiger partial charge is 0.493 e. The first-order valence-corrected chi connectivity index (χ1v) is 7.93. The van der Waals surface area contributed by atoms with Crippen LogP contribution in [0.2, 0.25) is 0 Å². The maximum Gasteiger partial charge on any atom is 0.204 e. The summed E-state index contributed by atoms with van der Waals surface area (Å²) in [4.78, 5) is 24.4. The molecule has 2 aromatic carbocycles. The summed E-state index contributed by atoms with van der Waals surface area (Å²) in [6, 6.07) is 8.57. The first kappa shape index (κ1) is 17.5. The second-order valence-electron chi connectivity index (χ2n) is 5.76. The van der Waals surface area contributed by atoms with E-state index in [-0.39, 0.29) is 5.78 Å². The van der Waals surface area contributed by atoms with E-state index in [0.717, 1.165) is 17.2 Å². The lowest BCUT2D eigenvalue weighted by molar-refractivity contribution is 0.103. The van der Waals surface area contributed by atoms with Gasteiger partial charge in [0.05, 0.1) is 26.9 Å². The van der Waals surface area contributed by atoms with E-state index >= 15 is 0 Å². The Bertz CT molecular complexity index is 1000. The number of fused-ring (bicyclic) bond motifs is 1. The van der Waals surface area contributed by atoms with Crippen molar-refractivity contribution < 1.29 is 23.8 Å². The topological polar surface area (TPSA) is 66.8 Å². The summed E-state index contributed by atoms with van der Waals surface area (Å²) in [7, 11) is 6.33. The summed E-state index contributed by atoms with van der Waals surface area (Å²) in [5, 5.41) is 0.729. The average Bonchev–Trinajstić information content (AvgIpc) is 3.01. The molecule has 0 fully saturated rings. The van der Waals surface area contributed by atoms with Gasteiger partial charge in [0.25, 0.3) is 0 Å². The Morgan fingerprint density at radius 2 is 1.73 bits per heavy atom. The highest BCUT2D eigenvalue weighted by Crippen LogP contribution is 2.40. The molecule has 1 heterocycles. The Hall–Kier alpha value is -3.28. The summed E-state index contributed by atoms with van der Waals surface area (Å²) < 4.78 is 17.8. The SMILES string of the molecule is COc1ccc(C(=O)c2ccc3c(c2)c(C=O)cn3C)c(OC)c1OC. The molecule has 0 aliphatic heterocycles. The van der Waals surface area contributed by atoms with Crippen LogP contribution < -0.4 is 14.2 Å². The lowest BCUT2D eigenvalue weighted by atomic mass is 9.99. The van der Waals surface area contributed by atoms with Crippen molar-refractivity contribution in [3.8, 4) is 17.2 Å². The van der Waals surface area contributed by atoms with Gasteiger partial charge in [-0.05, 0) is 30.3 Å². The fourth-order valence-corrected chi connectivity index (χ4v) is 3.09. The molecule has 0 unspecified atom stereocenters. The van der Waals surface area contributed by atoms with Gasteiger partial charge in [0.15, 0.2) is 23.6 Å². The molecular weight excluding hydrogens is 334 g/mol. The Morgan fingerprint density at radius 1 is 1.00 bits per heavy atom. The number of rotatable bonds is 6. The normalized spacial score (nSPS) is 10.6. The van der Waals surface area contributed by atoms with E-state index in [9.17, 15) is 9.59 Å². The zero-order chi connectivity index (χ0) is 18.8. The molecule has 6 heteroatoms. The Labute approximate surface area is 150 Å². The number of hydrogen-bond donors (Lipinski definition) is 0. The lowest BCUT2D eigenvalue weighted by Crippen LogP contribution is -2.06. The van der Waals surface area contributed by atoms with Gasteiger partial charge in [-0.2, -0.15) is 0 Å². The van der Waals surface area contributed by atoms with Gasteiger partial charge >= 0.3 is 0 Å². The highest BCUT2D eigenvalue weighted by Gasteiger charge is 2.22. The van der Waals surface area contributed by atoms with Crippen LogP contribution in [0.1, 0.15) is 26.3 Å². The number of hydrogen-bond acceptors (Lipinski definition) is 5. The predicted octanol–water partition coefficient (Wildman–Crippen LogP) is 3.25. The molecule has 0 saturated carbocycles. The molecule has 0 saturated heterocycles. The van der Waals surface area contributed by atoms with Crippen molar-refractivity contribution in [1.29, 1.82) is 0 Å². The van der Waals surface area contributed by atoms with Crippen LogP contribution in [0.3, 0.4) is 0 Å². The lowest BCUT2D eigenvalue weighted by Gasteiger charge is -2.15. The summed E-state index contributed by atoms with van der Waals surface area (Å²) in [6.45, 7) is 0. The fraction of sp³-hybridized carbons (Fsp3) is 0.200. The van der Waals surface area contributed by atoms with Crippen LogP contribution in [-0.2, 0) is 7.05 Å². The highest BCUT2D eigenvalue weighted by molar-refractivity contribution is 6.13. The van der Waals surface area contributed by atoms with Crippen LogP contribution in [-0.4, -0.2) is 38.0 Å². The van der Waals surface area contributed by atoms with Crippen LogP contribution >= 0.6 is 0 Å². The summed E-state index contributed by atoms with van der Waals surface area (Å²) in [5.74, 6) is 0.906. The van der Waals surface area contributed by atoms with Crippen LogP contribution in [0.5, 0.6) is 17.2 Å². The molecule has 0 atom stereocenters. The second kappa shape index (κ2) is 6.92. The number of carbonyl (C=O) groups excluding carboxylic acids is 2. The van der Waals surface area contributed by atoms with Gasteiger partial charge in [-0.15, -0.1) is 0 Å². The number of nitrogens with zero attached hydrogens (tertiary/aromatic N) is 1. The van der Waals surface area contributed by atoms with Crippen molar-refractivity contribution >= 4 is 23.0 Å². The minimum Gasteiger partial charge on any atom is -0.493 e. The quantitative estimate of drug-likeness (QED) is 0.503. The van der Waals surface area contributed by atoms with Gasteiger partial charge in [-0.25, -0.2) is 0 Å². The van der Waals surface area contributed by atoms with E-state index in [0.29, 0.717) is 33.9 Å². The summed E-state index contributed by atoms with van der Waals surface area (Å²) >= 11 is 0. The Balaban J connectivity index is 2.15. The predicted molar refractivity (Wildman–Crippen MR) is 97.8 cm³/mol. The van der Waals surface area contributed by atoms with Gasteiger partial charge < -0.3 is 18.8 Å². The smallest absolute Gasteiger partial charge is 0.204 e. The molecule has 3 aromatic rings. The van der Waals surface area contributed by atoms with E-state index in [1.165, 1.54) is 21.3 Å². The van der Waals surface area contributed by atoms with Crippen molar-refractivity contribution in [3.63, 3.8) is 0 Å². The third-order valence-electron chi connectivity index (χ3n) is 4.36. The second-order valence-corrected chi connectivity index (χ2v) is 5.76. The van der Waals surface area contributed by atoms with E-state index < -0.39 is 0 Å². The van der Waals surface area contributed by atoms with Gasteiger partial charge in [-0.3, -0.25) is 9.59 Å². The van der Waals surface area contributed by atoms with Crippen molar-refractivity contribution in [2.24, 2.45) is 7.05 Å². The molecule has 6 nitrogen and oxygen atoms in total. The minimum absolute atomic E-state index is 0.231. The number of aldehydes is 1. The number of aromatic nitrogens is 1. The number of carbonyl (C=O) groups is 2. The van der Waals surface area contributed by atoms with Crippen molar-refractivity contribution in [2.45, 2.75) is 0 Å². The molecule has 0 spiro atoms. The zero-order valence-electron chi connectivity index (χ0n) is 15.0. The standard InChI is InChI=1S/C20H19NO5/c1-21-10-13(11-22)15-9-12(5-7-16(15)21)18(23)14-6-8-17(24-2)20(26-4)19(14)25-3/h5-11H,1-4H3. The van der Waals surface area contributed by atoms with Crippen LogP contribution in [0, 0.1) is 0 Å². The Morgan fingerprint density at radius 3 is 2.35 bits per heavy atom. The first-order chi connectivity index (χ1) is 12.5. The van der Waals surface area contributed by atoms with Crippen LogP contribution in [0.4, 0.5) is 0 Å². The molecule has 0 aliphatic carbocycles. The number of aryl methyl sites for hydroxylation is 1. The molecule has 3 rings (SSSR count). The molecule has 134 valence electrons. The average molecular weight is 353 g/mol. The highest BCUT2D eigenvalue weighted by atomic mass is 16.5. The number of methoxy groups -OCH3 is 3. The van der Waals surface area contributed by atoms with E-state index in [1.54, 1.807) is 30.5 Å². The maximum absolute atomic E-state index is 13.1. The van der Waals surface area contributed by atoms with Gasteiger partial charge in [0, 0.05) is 35.3 Å². The van der Waals surface area contributed by atoms with E-state index in [1.807, 2.05) is 17.7 Å². The number of ketones is 1. The molecule has 1 aromatic heterocycles.